The molecule has 2 amide bonds. The highest BCUT2D eigenvalue weighted by Gasteiger charge is 2.57. The van der Waals surface area contributed by atoms with Crippen LogP contribution in [0.5, 0.6) is 0 Å². The third-order valence-electron chi connectivity index (χ3n) is 5.13. The van der Waals surface area contributed by atoms with Crippen molar-refractivity contribution in [3.05, 3.63) is 0 Å². The predicted molar refractivity (Wildman–Crippen MR) is 69.7 cm³/mol. The Kier molecular flexibility index (Phi) is 3.49. The van der Waals surface area contributed by atoms with Gasteiger partial charge in [0.15, 0.2) is 0 Å². The molecule has 1 saturated heterocycles. The first-order valence-corrected chi connectivity index (χ1v) is 7.13. The first-order chi connectivity index (χ1) is 8.55. The lowest BCUT2D eigenvalue weighted by Gasteiger charge is -2.39. The number of carbonyl (C=O) groups is 2. The van der Waals surface area contributed by atoms with E-state index in [1.807, 2.05) is 13.8 Å². The molecular formula is C14H24N2O2. The van der Waals surface area contributed by atoms with Crippen LogP contribution in [-0.4, -0.2) is 28.8 Å². The molecule has 18 heavy (non-hydrogen) atoms. The van der Waals surface area contributed by atoms with Crippen LogP contribution >= 0.6 is 0 Å². The fraction of sp³-hybridized carbons (Fsp3) is 0.857. The van der Waals surface area contributed by atoms with Gasteiger partial charge in [0.25, 0.3) is 0 Å². The van der Waals surface area contributed by atoms with Crippen LogP contribution < -0.4 is 5.73 Å². The average Bonchev–Trinajstić information content (AvgIpc) is 2.93. The van der Waals surface area contributed by atoms with E-state index >= 15 is 0 Å². The Balaban J connectivity index is 2.34. The molecule has 102 valence electrons. The van der Waals surface area contributed by atoms with Crippen molar-refractivity contribution in [3.63, 3.8) is 0 Å². The number of likely N-dealkylation sites (tertiary alicyclic amines) is 1. The molecule has 4 heteroatoms. The lowest BCUT2D eigenvalue weighted by atomic mass is 9.84. The van der Waals surface area contributed by atoms with E-state index < -0.39 is 5.54 Å². The zero-order valence-electron chi connectivity index (χ0n) is 11.5. The number of rotatable bonds is 4. The van der Waals surface area contributed by atoms with Crippen LogP contribution in [0.25, 0.3) is 0 Å². The summed E-state index contributed by atoms with van der Waals surface area (Å²) in [6.45, 7) is 4.39. The fourth-order valence-corrected chi connectivity index (χ4v) is 3.66. The largest absolute Gasteiger partial charge is 0.328 e. The van der Waals surface area contributed by atoms with E-state index in [2.05, 4.69) is 0 Å². The van der Waals surface area contributed by atoms with E-state index in [1.54, 1.807) is 0 Å². The van der Waals surface area contributed by atoms with E-state index in [4.69, 9.17) is 5.73 Å². The Hall–Kier alpha value is -0.900. The highest BCUT2D eigenvalue weighted by atomic mass is 16.2. The van der Waals surface area contributed by atoms with Crippen LogP contribution in [0.1, 0.15) is 58.8 Å². The van der Waals surface area contributed by atoms with Crippen molar-refractivity contribution >= 4 is 11.8 Å². The van der Waals surface area contributed by atoms with Gasteiger partial charge in [0.2, 0.25) is 11.8 Å². The second kappa shape index (κ2) is 4.65. The minimum atomic E-state index is -0.458. The maximum atomic E-state index is 12.7. The minimum Gasteiger partial charge on any atom is -0.328 e. The van der Waals surface area contributed by atoms with Crippen molar-refractivity contribution in [2.24, 2.45) is 11.1 Å². The van der Waals surface area contributed by atoms with Crippen molar-refractivity contribution in [1.29, 1.82) is 0 Å². The molecule has 1 aliphatic carbocycles. The highest BCUT2D eigenvalue weighted by Crippen LogP contribution is 2.49. The van der Waals surface area contributed by atoms with Crippen LogP contribution in [-0.2, 0) is 9.59 Å². The topological polar surface area (TPSA) is 63.4 Å². The molecule has 2 rings (SSSR count). The van der Waals surface area contributed by atoms with Gasteiger partial charge in [0.1, 0.15) is 0 Å². The molecule has 0 aromatic heterocycles. The molecule has 1 saturated carbocycles. The van der Waals surface area contributed by atoms with Gasteiger partial charge < -0.3 is 5.73 Å². The maximum absolute atomic E-state index is 12.7. The second-order valence-electron chi connectivity index (χ2n) is 5.83. The molecular weight excluding hydrogens is 228 g/mol. The summed E-state index contributed by atoms with van der Waals surface area (Å²) in [5.41, 5.74) is 5.04. The monoisotopic (exact) mass is 252 g/mol. The average molecular weight is 252 g/mol. The lowest BCUT2D eigenvalue weighted by molar-refractivity contribution is -0.148. The Bertz CT molecular complexity index is 347. The Labute approximate surface area is 109 Å². The van der Waals surface area contributed by atoms with Crippen molar-refractivity contribution in [2.45, 2.75) is 64.3 Å². The van der Waals surface area contributed by atoms with Gasteiger partial charge in [-0.25, -0.2) is 0 Å². The molecule has 0 radical (unpaired) electrons. The molecule has 0 aromatic carbocycles. The summed E-state index contributed by atoms with van der Waals surface area (Å²) >= 11 is 0. The van der Waals surface area contributed by atoms with Crippen LogP contribution in [0, 0.1) is 5.41 Å². The number of hydrogen-bond acceptors (Lipinski definition) is 3. The van der Waals surface area contributed by atoms with Gasteiger partial charge >= 0.3 is 0 Å². The fourth-order valence-electron chi connectivity index (χ4n) is 3.66. The van der Waals surface area contributed by atoms with Crippen LogP contribution in [0.15, 0.2) is 0 Å². The maximum Gasteiger partial charge on any atom is 0.236 e. The molecule has 0 unspecified atom stereocenters. The molecule has 2 aliphatic rings. The van der Waals surface area contributed by atoms with Gasteiger partial charge in [0.05, 0.1) is 11.0 Å². The molecule has 0 bridgehead atoms. The normalized spacial score (nSPS) is 23.4. The molecule has 1 heterocycles. The molecule has 4 nitrogen and oxygen atoms in total. The highest BCUT2D eigenvalue weighted by molar-refractivity contribution is 6.06. The third-order valence-corrected chi connectivity index (χ3v) is 5.13. The third kappa shape index (κ3) is 1.69. The Morgan fingerprint density at radius 1 is 1.22 bits per heavy atom. The number of imide groups is 1. The number of nitrogens with zero attached hydrogens (tertiary/aromatic N) is 1. The quantitative estimate of drug-likeness (QED) is 0.776. The van der Waals surface area contributed by atoms with Crippen LogP contribution in [0.2, 0.25) is 0 Å². The smallest absolute Gasteiger partial charge is 0.236 e. The van der Waals surface area contributed by atoms with E-state index in [0.717, 1.165) is 38.5 Å². The summed E-state index contributed by atoms with van der Waals surface area (Å²) in [6, 6.07) is 0. The van der Waals surface area contributed by atoms with E-state index in [-0.39, 0.29) is 17.2 Å². The number of nitrogens with two attached hydrogens (primary N) is 1. The first kappa shape index (κ1) is 13.5. The minimum absolute atomic E-state index is 0.00366. The molecule has 2 N–H and O–H groups in total. The van der Waals surface area contributed by atoms with Crippen LogP contribution in [0.3, 0.4) is 0 Å². The SMILES string of the molecule is CCC(CC)(CN)N1C(=O)CC2(CCCC2)C1=O. The van der Waals surface area contributed by atoms with E-state index in [9.17, 15) is 9.59 Å². The molecule has 2 fully saturated rings. The number of carbonyl (C=O) groups excluding carboxylic acids is 2. The van der Waals surface area contributed by atoms with Gasteiger partial charge in [-0.2, -0.15) is 0 Å². The van der Waals surface area contributed by atoms with E-state index in [0.29, 0.717) is 13.0 Å². The van der Waals surface area contributed by atoms with Crippen molar-refractivity contribution in [3.8, 4) is 0 Å². The first-order valence-electron chi connectivity index (χ1n) is 7.13. The van der Waals surface area contributed by atoms with Crippen molar-refractivity contribution in [2.75, 3.05) is 6.54 Å². The second-order valence-corrected chi connectivity index (χ2v) is 5.83. The standard InChI is InChI=1S/C14H24N2O2/c1-3-14(4-2,10-15)16-11(17)9-13(12(16)18)7-5-6-8-13/h3-10,15H2,1-2H3. The summed E-state index contributed by atoms with van der Waals surface area (Å²) < 4.78 is 0. The summed E-state index contributed by atoms with van der Waals surface area (Å²) in [6.07, 6.45) is 5.79. The lowest BCUT2D eigenvalue weighted by Crippen LogP contribution is -2.56. The molecule has 0 atom stereocenters. The van der Waals surface area contributed by atoms with Gasteiger partial charge in [-0.1, -0.05) is 26.7 Å². The summed E-state index contributed by atoms with van der Waals surface area (Å²) in [4.78, 5) is 26.6. The summed E-state index contributed by atoms with van der Waals surface area (Å²) in [7, 11) is 0. The molecule has 1 spiro atoms. The number of amides is 2. The van der Waals surface area contributed by atoms with Crippen molar-refractivity contribution in [1.82, 2.24) is 4.90 Å². The summed E-state index contributed by atoms with van der Waals surface area (Å²) in [5.74, 6) is 0.0511. The summed E-state index contributed by atoms with van der Waals surface area (Å²) in [5, 5.41) is 0. The zero-order chi connectivity index (χ0) is 13.4. The zero-order valence-corrected chi connectivity index (χ0v) is 11.5. The van der Waals surface area contributed by atoms with Crippen LogP contribution in [0.4, 0.5) is 0 Å². The van der Waals surface area contributed by atoms with Gasteiger partial charge in [-0.3, -0.25) is 14.5 Å². The molecule has 0 aromatic rings. The van der Waals surface area contributed by atoms with Crippen molar-refractivity contribution < 1.29 is 9.59 Å². The predicted octanol–water partition coefficient (Wildman–Crippen LogP) is 1.82. The number of hydrogen-bond donors (Lipinski definition) is 1. The van der Waals surface area contributed by atoms with Gasteiger partial charge in [-0.05, 0) is 25.7 Å². The Morgan fingerprint density at radius 2 is 1.78 bits per heavy atom. The van der Waals surface area contributed by atoms with E-state index in [1.165, 1.54) is 4.90 Å². The Morgan fingerprint density at radius 3 is 2.22 bits per heavy atom. The van der Waals surface area contributed by atoms with Gasteiger partial charge in [0, 0.05) is 13.0 Å². The molecule has 1 aliphatic heterocycles. The van der Waals surface area contributed by atoms with Gasteiger partial charge in [-0.15, -0.1) is 0 Å².